The van der Waals surface area contributed by atoms with Gasteiger partial charge in [0.2, 0.25) is 17.7 Å². The number of nitrogens with two attached hydrogens (primary N) is 3. The SMILES string of the molecule is CC(NC(=O)C(N)CO)C(=O)NC(Cc1cnc[nH]1)C(=O)NC(CCCN=C(N)N)C(=O)O. The molecule has 0 aliphatic heterocycles. The molecule has 33 heavy (non-hydrogen) atoms. The lowest BCUT2D eigenvalue weighted by Gasteiger charge is -2.23. The van der Waals surface area contributed by atoms with E-state index in [0.29, 0.717) is 12.1 Å². The van der Waals surface area contributed by atoms with Crippen molar-refractivity contribution in [2.75, 3.05) is 13.2 Å². The van der Waals surface area contributed by atoms with Crippen LogP contribution in [-0.2, 0) is 25.6 Å². The number of hydrogen-bond acceptors (Lipinski definition) is 8. The second-order valence-electron chi connectivity index (χ2n) is 7.21. The van der Waals surface area contributed by atoms with Crippen LogP contribution in [0.5, 0.6) is 0 Å². The minimum Gasteiger partial charge on any atom is -0.480 e. The Kier molecular flexibility index (Phi) is 11.3. The lowest BCUT2D eigenvalue weighted by Crippen LogP contribution is -2.57. The number of amides is 3. The van der Waals surface area contributed by atoms with E-state index in [9.17, 15) is 24.3 Å². The quantitative estimate of drug-likeness (QED) is 0.0721. The van der Waals surface area contributed by atoms with Crippen LogP contribution in [-0.4, -0.2) is 87.2 Å². The van der Waals surface area contributed by atoms with E-state index in [-0.39, 0.29) is 25.3 Å². The second-order valence-corrected chi connectivity index (χ2v) is 7.21. The summed E-state index contributed by atoms with van der Waals surface area (Å²) in [5.41, 5.74) is 16.4. The van der Waals surface area contributed by atoms with Gasteiger partial charge in [-0.15, -0.1) is 0 Å². The number of carbonyl (C=O) groups excluding carboxylic acids is 3. The largest absolute Gasteiger partial charge is 0.480 e. The summed E-state index contributed by atoms with van der Waals surface area (Å²) in [7, 11) is 0. The maximum absolute atomic E-state index is 12.8. The van der Waals surface area contributed by atoms with Gasteiger partial charge in [-0.25, -0.2) is 9.78 Å². The van der Waals surface area contributed by atoms with E-state index in [1.807, 2.05) is 0 Å². The highest BCUT2D eigenvalue weighted by Crippen LogP contribution is 2.04. The van der Waals surface area contributed by atoms with Crippen molar-refractivity contribution < 1.29 is 29.4 Å². The van der Waals surface area contributed by atoms with Crippen LogP contribution < -0.4 is 33.2 Å². The molecule has 0 radical (unpaired) electrons. The van der Waals surface area contributed by atoms with Crippen molar-refractivity contribution in [2.45, 2.75) is 50.4 Å². The molecule has 184 valence electrons. The Hall–Kier alpha value is -3.72. The van der Waals surface area contributed by atoms with E-state index in [4.69, 9.17) is 22.3 Å². The van der Waals surface area contributed by atoms with Crippen LogP contribution in [0.15, 0.2) is 17.5 Å². The first-order chi connectivity index (χ1) is 15.5. The molecule has 1 heterocycles. The minimum absolute atomic E-state index is 0.0191. The predicted molar refractivity (Wildman–Crippen MR) is 116 cm³/mol. The Morgan fingerprint density at radius 3 is 2.33 bits per heavy atom. The fourth-order valence-corrected chi connectivity index (χ4v) is 2.62. The van der Waals surface area contributed by atoms with Crippen molar-refractivity contribution in [1.82, 2.24) is 25.9 Å². The monoisotopic (exact) mass is 469 g/mol. The standard InChI is InChI=1S/C18H31N9O6/c1-9(25-15(30)11(19)7-28)14(29)27-13(5-10-6-22-8-24-10)16(31)26-12(17(32)33)3-2-4-23-18(20)21/h6,8-9,11-13,28H,2-5,7,19H2,1H3,(H,22,24)(H,25,30)(H,26,31)(H,27,29)(H,32,33)(H4,20,21,23). The molecule has 0 bridgehead atoms. The van der Waals surface area contributed by atoms with Gasteiger partial charge in [-0.2, -0.15) is 0 Å². The average Bonchev–Trinajstić information content (AvgIpc) is 3.27. The molecule has 1 aromatic rings. The smallest absolute Gasteiger partial charge is 0.326 e. The minimum atomic E-state index is -1.27. The summed E-state index contributed by atoms with van der Waals surface area (Å²) >= 11 is 0. The number of aliphatic carboxylic acids is 1. The highest BCUT2D eigenvalue weighted by Gasteiger charge is 2.29. The number of carboxylic acids is 1. The van der Waals surface area contributed by atoms with Crippen LogP contribution in [0.4, 0.5) is 0 Å². The Labute approximate surface area is 189 Å². The van der Waals surface area contributed by atoms with Gasteiger partial charge >= 0.3 is 5.97 Å². The first-order valence-electron chi connectivity index (χ1n) is 10.1. The number of imidazole rings is 1. The molecule has 0 aromatic carbocycles. The highest BCUT2D eigenvalue weighted by atomic mass is 16.4. The first kappa shape index (κ1) is 27.3. The van der Waals surface area contributed by atoms with Crippen molar-refractivity contribution in [3.8, 4) is 0 Å². The fraction of sp³-hybridized carbons (Fsp3) is 0.556. The van der Waals surface area contributed by atoms with Crippen LogP contribution in [0.25, 0.3) is 0 Å². The number of H-pyrrole nitrogens is 1. The molecule has 12 N–H and O–H groups in total. The van der Waals surface area contributed by atoms with Gasteiger partial charge in [-0.1, -0.05) is 0 Å². The Morgan fingerprint density at radius 1 is 1.12 bits per heavy atom. The molecule has 4 unspecified atom stereocenters. The van der Waals surface area contributed by atoms with Gasteiger partial charge in [0.15, 0.2) is 5.96 Å². The third-order valence-corrected chi connectivity index (χ3v) is 4.46. The molecule has 15 heteroatoms. The fourth-order valence-electron chi connectivity index (χ4n) is 2.62. The first-order valence-corrected chi connectivity index (χ1v) is 10.1. The summed E-state index contributed by atoms with van der Waals surface area (Å²) in [6, 6.07) is -4.71. The van der Waals surface area contributed by atoms with Gasteiger partial charge in [-0.05, 0) is 19.8 Å². The third-order valence-electron chi connectivity index (χ3n) is 4.46. The van der Waals surface area contributed by atoms with E-state index in [0.717, 1.165) is 0 Å². The van der Waals surface area contributed by atoms with E-state index >= 15 is 0 Å². The zero-order valence-corrected chi connectivity index (χ0v) is 18.2. The van der Waals surface area contributed by atoms with Gasteiger partial charge in [0.25, 0.3) is 0 Å². The molecule has 0 spiro atoms. The van der Waals surface area contributed by atoms with Crippen LogP contribution in [0.2, 0.25) is 0 Å². The Bertz CT molecular complexity index is 825. The molecule has 1 aromatic heterocycles. The van der Waals surface area contributed by atoms with Gasteiger partial charge in [0.1, 0.15) is 24.2 Å². The van der Waals surface area contributed by atoms with Gasteiger partial charge in [0.05, 0.1) is 12.9 Å². The molecule has 0 aliphatic rings. The summed E-state index contributed by atoms with van der Waals surface area (Å²) in [6.07, 6.45) is 3.15. The molecule has 15 nitrogen and oxygen atoms in total. The third kappa shape index (κ3) is 9.96. The van der Waals surface area contributed by atoms with E-state index in [1.54, 1.807) is 0 Å². The van der Waals surface area contributed by atoms with Crippen LogP contribution in [0, 0.1) is 0 Å². The molecule has 0 saturated heterocycles. The summed E-state index contributed by atoms with van der Waals surface area (Å²) in [5, 5.41) is 25.6. The summed E-state index contributed by atoms with van der Waals surface area (Å²) < 4.78 is 0. The number of nitrogens with zero attached hydrogens (tertiary/aromatic N) is 2. The number of aliphatic imine (C=N–C) groups is 1. The molecule has 1 rings (SSSR count). The van der Waals surface area contributed by atoms with E-state index in [1.165, 1.54) is 19.4 Å². The molecule has 3 amide bonds. The Balaban J connectivity index is 2.85. The molecular formula is C18H31N9O6. The summed E-state index contributed by atoms with van der Waals surface area (Å²) in [6.45, 7) is 0.945. The van der Waals surface area contributed by atoms with Crippen LogP contribution >= 0.6 is 0 Å². The molecule has 0 fully saturated rings. The number of aromatic amines is 1. The number of hydrogen-bond donors (Lipinski definition) is 9. The Morgan fingerprint density at radius 2 is 1.79 bits per heavy atom. The number of guanidine groups is 1. The number of aliphatic hydroxyl groups is 1. The topological polar surface area (TPSA) is 264 Å². The van der Waals surface area contributed by atoms with E-state index < -0.39 is 54.5 Å². The second kappa shape index (κ2) is 13.6. The number of aromatic nitrogens is 2. The normalized spacial score (nSPS) is 14.3. The number of carbonyl (C=O) groups is 4. The lowest BCUT2D eigenvalue weighted by molar-refractivity contribution is -0.142. The maximum atomic E-state index is 12.8. The van der Waals surface area contributed by atoms with Crippen molar-refractivity contribution >= 4 is 29.7 Å². The van der Waals surface area contributed by atoms with Gasteiger partial charge in [-0.3, -0.25) is 19.4 Å². The number of aliphatic hydroxyl groups excluding tert-OH is 1. The summed E-state index contributed by atoms with van der Waals surface area (Å²) in [5.74, 6) is -3.61. The van der Waals surface area contributed by atoms with Gasteiger partial charge in [0, 0.05) is 24.9 Å². The molecule has 0 saturated carbocycles. The average molecular weight is 470 g/mol. The van der Waals surface area contributed by atoms with Crippen molar-refractivity contribution in [1.29, 1.82) is 0 Å². The maximum Gasteiger partial charge on any atom is 0.326 e. The molecular weight excluding hydrogens is 438 g/mol. The molecule has 0 aliphatic carbocycles. The van der Waals surface area contributed by atoms with Crippen LogP contribution in [0.3, 0.4) is 0 Å². The van der Waals surface area contributed by atoms with E-state index in [2.05, 4.69) is 30.9 Å². The van der Waals surface area contributed by atoms with Crippen molar-refractivity contribution in [3.05, 3.63) is 18.2 Å². The number of nitrogens with one attached hydrogen (secondary N) is 4. The van der Waals surface area contributed by atoms with Gasteiger partial charge < -0.3 is 48.3 Å². The number of rotatable bonds is 14. The van der Waals surface area contributed by atoms with Crippen molar-refractivity contribution in [3.63, 3.8) is 0 Å². The van der Waals surface area contributed by atoms with Crippen molar-refractivity contribution in [2.24, 2.45) is 22.2 Å². The lowest BCUT2D eigenvalue weighted by atomic mass is 10.1. The highest BCUT2D eigenvalue weighted by molar-refractivity contribution is 5.94. The summed E-state index contributed by atoms with van der Waals surface area (Å²) in [4.78, 5) is 59.1. The predicted octanol–water partition coefficient (Wildman–Crippen LogP) is -4.12. The molecule has 4 atom stereocenters. The zero-order valence-electron chi connectivity index (χ0n) is 18.2. The zero-order chi connectivity index (χ0) is 25.0. The van der Waals surface area contributed by atoms with Crippen LogP contribution in [0.1, 0.15) is 25.5 Å². The number of carboxylic acid groups (broad SMARTS) is 1.